The minimum atomic E-state index is 0.917. The summed E-state index contributed by atoms with van der Waals surface area (Å²) in [4.78, 5) is 0. The zero-order chi connectivity index (χ0) is 46.1. The largest absolute Gasteiger partial charge is 0.456 e. The lowest BCUT2D eigenvalue weighted by Gasteiger charge is -2.11. The van der Waals surface area contributed by atoms with Crippen LogP contribution in [0.4, 0.5) is 0 Å². The van der Waals surface area contributed by atoms with Gasteiger partial charge in [-0.25, -0.2) is 0 Å². The van der Waals surface area contributed by atoms with Crippen LogP contribution in [0.5, 0.6) is 0 Å². The van der Waals surface area contributed by atoms with E-state index in [0.717, 1.165) is 21.9 Å². The van der Waals surface area contributed by atoms with Gasteiger partial charge in [0.1, 0.15) is 11.2 Å². The molecule has 0 atom stereocenters. The second kappa shape index (κ2) is 13.6. The quantitative estimate of drug-likeness (QED) is 0.172. The molecule has 0 saturated heterocycles. The third kappa shape index (κ3) is 5.01. The summed E-state index contributed by atoms with van der Waals surface area (Å²) in [5.41, 5.74) is 19.1. The predicted octanol–water partition coefficient (Wildman–Crippen LogP) is 18.9. The molecular formula is C68H38N2O. The fourth-order valence-corrected chi connectivity index (χ4v) is 12.8. The topological polar surface area (TPSA) is 22.0 Å². The first-order valence-corrected chi connectivity index (χ1v) is 24.6. The first-order valence-electron chi connectivity index (χ1n) is 24.6. The van der Waals surface area contributed by atoms with E-state index in [1.807, 2.05) is 12.1 Å². The number of furan rings is 1. The molecule has 3 heteroatoms. The van der Waals surface area contributed by atoms with E-state index in [0.29, 0.717) is 0 Å². The molecular weight excluding hydrogens is 861 g/mol. The Morgan fingerprint density at radius 2 is 0.746 bits per heavy atom. The molecule has 17 rings (SSSR count). The molecule has 71 heavy (non-hydrogen) atoms. The van der Waals surface area contributed by atoms with E-state index in [-0.39, 0.29) is 0 Å². The Hall–Kier alpha value is -9.44. The van der Waals surface area contributed by atoms with Gasteiger partial charge in [-0.05, 0) is 133 Å². The second-order valence-electron chi connectivity index (χ2n) is 19.6. The van der Waals surface area contributed by atoms with Crippen LogP contribution < -0.4 is 0 Å². The van der Waals surface area contributed by atoms with Gasteiger partial charge in [0.15, 0.2) is 0 Å². The highest BCUT2D eigenvalue weighted by Crippen LogP contribution is 2.48. The van der Waals surface area contributed by atoms with Gasteiger partial charge in [-0.15, -0.1) is 0 Å². The molecule has 5 aromatic heterocycles. The number of fused-ring (bicyclic) bond motifs is 19. The standard InChI is InChI=1S/C68H38N2O/c1-2-10-39(11-3-1)40-20-22-41(23-21-40)43-25-29-60-55(34-43)57-37-46(38-58-65-48-13-5-4-12-42(48)24-31-61(65)70(60)68(57)58)47-15-8-16-51-49(47)28-32-62-66(51)53-18-9-17-52-54-35-44(26-30-59(54)69(62)67(52)53)45-27-33-64-56(36-45)50-14-6-7-19-63(50)71-64/h1-38H. The van der Waals surface area contributed by atoms with Crippen LogP contribution in [-0.2, 0) is 0 Å². The van der Waals surface area contributed by atoms with Crippen LogP contribution in [0.25, 0.3) is 164 Å². The van der Waals surface area contributed by atoms with Crippen molar-refractivity contribution in [2.45, 2.75) is 0 Å². The first-order chi connectivity index (χ1) is 35.2. The van der Waals surface area contributed by atoms with Gasteiger partial charge in [0.25, 0.3) is 0 Å². The van der Waals surface area contributed by atoms with Crippen molar-refractivity contribution in [2.24, 2.45) is 0 Å². The number of aromatic nitrogens is 2. The fraction of sp³-hybridized carbons (Fsp3) is 0. The molecule has 0 saturated carbocycles. The summed E-state index contributed by atoms with van der Waals surface area (Å²) in [5, 5.41) is 17.6. The zero-order valence-electron chi connectivity index (χ0n) is 38.2. The van der Waals surface area contributed by atoms with Crippen LogP contribution in [-0.4, -0.2) is 8.80 Å². The number of hydrogen-bond acceptors (Lipinski definition) is 1. The predicted molar refractivity (Wildman–Crippen MR) is 300 cm³/mol. The van der Waals surface area contributed by atoms with E-state index < -0.39 is 0 Å². The van der Waals surface area contributed by atoms with Crippen LogP contribution in [0.1, 0.15) is 0 Å². The Morgan fingerprint density at radius 1 is 0.239 bits per heavy atom. The lowest BCUT2D eigenvalue weighted by Crippen LogP contribution is -1.86. The number of benzene rings is 12. The van der Waals surface area contributed by atoms with Gasteiger partial charge < -0.3 is 13.2 Å². The van der Waals surface area contributed by atoms with E-state index in [4.69, 9.17) is 4.42 Å². The van der Waals surface area contributed by atoms with Crippen LogP contribution in [0.15, 0.2) is 235 Å². The second-order valence-corrected chi connectivity index (χ2v) is 19.6. The van der Waals surface area contributed by atoms with Gasteiger partial charge in [-0.3, -0.25) is 0 Å². The lowest BCUT2D eigenvalue weighted by molar-refractivity contribution is 0.669. The minimum absolute atomic E-state index is 0.917. The molecule has 17 aromatic rings. The lowest BCUT2D eigenvalue weighted by atomic mass is 9.92. The summed E-state index contributed by atoms with van der Waals surface area (Å²) in [5.74, 6) is 0. The molecule has 0 unspecified atom stereocenters. The molecule has 0 aliphatic carbocycles. The maximum Gasteiger partial charge on any atom is 0.135 e. The van der Waals surface area contributed by atoms with Crippen LogP contribution >= 0.6 is 0 Å². The van der Waals surface area contributed by atoms with E-state index in [1.165, 1.54) is 142 Å². The first kappa shape index (κ1) is 37.5. The third-order valence-electron chi connectivity index (χ3n) is 16.0. The molecule has 326 valence electrons. The van der Waals surface area contributed by atoms with Gasteiger partial charge in [-0.2, -0.15) is 0 Å². The van der Waals surface area contributed by atoms with Crippen LogP contribution in [0, 0.1) is 0 Å². The maximum atomic E-state index is 6.19. The SMILES string of the molecule is c1ccc(-c2ccc(-c3ccc4c(c3)c3cc(-c5cccc6c5ccc5c6c6cccc7c8cc(-c9ccc%10oc%11ccccc%11c%10c9)ccc8n5c76)cc5c6c7ccccc7ccc6n4c35)cc2)cc1. The van der Waals surface area contributed by atoms with E-state index in [1.54, 1.807) is 0 Å². The van der Waals surface area contributed by atoms with Crippen LogP contribution in [0.2, 0.25) is 0 Å². The van der Waals surface area contributed by atoms with Crippen molar-refractivity contribution in [3.8, 4) is 44.5 Å². The fourth-order valence-electron chi connectivity index (χ4n) is 12.8. The smallest absolute Gasteiger partial charge is 0.135 e. The highest BCUT2D eigenvalue weighted by Gasteiger charge is 2.24. The Morgan fingerprint density at radius 3 is 1.56 bits per heavy atom. The normalized spacial score (nSPS) is 12.5. The van der Waals surface area contributed by atoms with Crippen molar-refractivity contribution >= 4 is 120 Å². The van der Waals surface area contributed by atoms with Gasteiger partial charge in [-0.1, -0.05) is 164 Å². The average Bonchev–Trinajstić information content (AvgIpc) is 4.25. The molecule has 0 fully saturated rings. The van der Waals surface area contributed by atoms with Crippen molar-refractivity contribution in [3.05, 3.63) is 231 Å². The Kier molecular flexibility index (Phi) is 7.20. The molecule has 12 aromatic carbocycles. The number of nitrogens with zero attached hydrogens (tertiary/aromatic N) is 2. The number of para-hydroxylation sites is 2. The van der Waals surface area contributed by atoms with Gasteiger partial charge in [0, 0.05) is 53.9 Å². The molecule has 5 heterocycles. The number of hydrogen-bond donors (Lipinski definition) is 0. The Labute approximate surface area is 405 Å². The summed E-state index contributed by atoms with van der Waals surface area (Å²) in [6.07, 6.45) is 0. The van der Waals surface area contributed by atoms with Gasteiger partial charge in [0.2, 0.25) is 0 Å². The molecule has 0 aliphatic heterocycles. The summed E-state index contributed by atoms with van der Waals surface area (Å²) in [7, 11) is 0. The molecule has 0 amide bonds. The molecule has 0 N–H and O–H groups in total. The van der Waals surface area contributed by atoms with E-state index >= 15 is 0 Å². The van der Waals surface area contributed by atoms with Gasteiger partial charge >= 0.3 is 0 Å². The molecule has 0 bridgehead atoms. The average molecular weight is 899 g/mol. The van der Waals surface area contributed by atoms with Crippen molar-refractivity contribution in [3.63, 3.8) is 0 Å². The van der Waals surface area contributed by atoms with E-state index in [9.17, 15) is 0 Å². The summed E-state index contributed by atoms with van der Waals surface area (Å²) >= 11 is 0. The summed E-state index contributed by atoms with van der Waals surface area (Å²) in [6, 6.07) is 85.6. The maximum absolute atomic E-state index is 6.19. The summed E-state index contributed by atoms with van der Waals surface area (Å²) < 4.78 is 11.2. The molecule has 0 spiro atoms. The van der Waals surface area contributed by atoms with Gasteiger partial charge in [0.05, 0.1) is 33.1 Å². The van der Waals surface area contributed by atoms with Crippen molar-refractivity contribution in [1.29, 1.82) is 0 Å². The van der Waals surface area contributed by atoms with E-state index in [2.05, 4.69) is 227 Å². The summed E-state index contributed by atoms with van der Waals surface area (Å²) in [6.45, 7) is 0. The molecule has 0 radical (unpaired) electrons. The van der Waals surface area contributed by atoms with Crippen molar-refractivity contribution < 1.29 is 4.42 Å². The Balaban J connectivity index is 0.869. The zero-order valence-corrected chi connectivity index (χ0v) is 38.2. The molecule has 3 nitrogen and oxygen atoms in total. The molecule has 0 aliphatic rings. The van der Waals surface area contributed by atoms with Crippen molar-refractivity contribution in [2.75, 3.05) is 0 Å². The Bertz CT molecular complexity index is 5090. The highest BCUT2D eigenvalue weighted by atomic mass is 16.3. The van der Waals surface area contributed by atoms with Crippen LogP contribution in [0.3, 0.4) is 0 Å². The third-order valence-corrected chi connectivity index (χ3v) is 16.0. The minimum Gasteiger partial charge on any atom is -0.456 e. The van der Waals surface area contributed by atoms with Crippen molar-refractivity contribution in [1.82, 2.24) is 8.80 Å². The monoisotopic (exact) mass is 898 g/mol. The number of rotatable bonds is 4. The highest BCUT2D eigenvalue weighted by molar-refractivity contribution is 6.32.